The van der Waals surface area contributed by atoms with E-state index in [9.17, 15) is 14.4 Å². The summed E-state index contributed by atoms with van der Waals surface area (Å²) in [6, 6.07) is 16.4. The van der Waals surface area contributed by atoms with Gasteiger partial charge in [0, 0.05) is 24.4 Å². The zero-order valence-electron chi connectivity index (χ0n) is 19.4. The first-order valence-electron chi connectivity index (χ1n) is 12.1. The molecular formula is C28H28N2O5. The van der Waals surface area contributed by atoms with Crippen LogP contribution in [0.4, 0.5) is 4.79 Å². The summed E-state index contributed by atoms with van der Waals surface area (Å²) in [6.07, 6.45) is 2.81. The number of carboxylic acids is 1. The molecule has 0 spiro atoms. The summed E-state index contributed by atoms with van der Waals surface area (Å²) in [4.78, 5) is 37.8. The maximum Gasteiger partial charge on any atom is 0.407 e. The third-order valence-corrected chi connectivity index (χ3v) is 7.39. The molecule has 2 unspecified atom stereocenters. The lowest BCUT2D eigenvalue weighted by Crippen LogP contribution is -2.46. The topological polar surface area (TPSA) is 95.9 Å². The first kappa shape index (κ1) is 23.0. The van der Waals surface area contributed by atoms with Gasteiger partial charge in [-0.15, -0.1) is 0 Å². The second kappa shape index (κ2) is 9.83. The number of nitrogens with one attached hydrogen (secondary N) is 1. The molecule has 0 radical (unpaired) electrons. The molecule has 1 aliphatic carbocycles. The lowest BCUT2D eigenvalue weighted by Gasteiger charge is -2.37. The molecule has 2 amide bonds. The second-order valence-electron chi connectivity index (χ2n) is 9.51. The van der Waals surface area contributed by atoms with E-state index in [0.717, 1.165) is 24.0 Å². The number of aliphatic carboxylic acids is 1. The van der Waals surface area contributed by atoms with Crippen molar-refractivity contribution >= 4 is 18.0 Å². The molecular weight excluding hydrogens is 444 g/mol. The van der Waals surface area contributed by atoms with Gasteiger partial charge in [-0.25, -0.2) is 4.79 Å². The summed E-state index contributed by atoms with van der Waals surface area (Å²) in [6.45, 7) is 0.244. The maximum absolute atomic E-state index is 12.7. The number of rotatable bonds is 5. The molecule has 7 heteroatoms. The molecule has 2 aliphatic heterocycles. The normalized spacial score (nSPS) is 21.9. The smallest absolute Gasteiger partial charge is 0.407 e. The summed E-state index contributed by atoms with van der Waals surface area (Å²) in [7, 11) is 0. The van der Waals surface area contributed by atoms with Crippen LogP contribution in [0, 0.1) is 17.8 Å². The summed E-state index contributed by atoms with van der Waals surface area (Å²) >= 11 is 0. The molecule has 2 bridgehead atoms. The van der Waals surface area contributed by atoms with Crippen molar-refractivity contribution in [3.63, 3.8) is 0 Å². The van der Waals surface area contributed by atoms with E-state index < -0.39 is 12.1 Å². The lowest BCUT2D eigenvalue weighted by atomic mass is 9.88. The monoisotopic (exact) mass is 472 g/mol. The number of nitrogens with zero attached hydrogens (tertiary/aromatic N) is 1. The highest BCUT2D eigenvalue weighted by atomic mass is 16.5. The molecule has 2 N–H and O–H groups in total. The Morgan fingerprint density at radius 3 is 2.17 bits per heavy atom. The van der Waals surface area contributed by atoms with Crippen molar-refractivity contribution in [1.82, 2.24) is 10.2 Å². The average molecular weight is 473 g/mol. The van der Waals surface area contributed by atoms with Crippen LogP contribution in [0.2, 0.25) is 0 Å². The first-order chi connectivity index (χ1) is 17.0. The molecule has 2 heterocycles. The molecule has 0 aromatic heterocycles. The Morgan fingerprint density at radius 1 is 0.971 bits per heavy atom. The molecule has 2 aromatic rings. The molecule has 7 nitrogen and oxygen atoms in total. The highest BCUT2D eigenvalue weighted by molar-refractivity contribution is 5.94. The van der Waals surface area contributed by atoms with Gasteiger partial charge in [0.05, 0.1) is 6.54 Å². The highest BCUT2D eigenvalue weighted by Gasteiger charge is 2.43. The van der Waals surface area contributed by atoms with E-state index >= 15 is 0 Å². The summed E-state index contributed by atoms with van der Waals surface area (Å²) in [5.41, 5.74) is 4.63. The predicted octanol–water partition coefficient (Wildman–Crippen LogP) is 3.77. The zero-order chi connectivity index (χ0) is 24.4. The standard InChI is InChI=1S/C28H28N2O5/c31-26(30-19-11-12-20(30)15-18(14-19)16-27(32)33)10-5-13-29-28(34)35-17-25-23-8-3-1-6-21(23)22-7-2-4-9-24(22)25/h1-4,6-9,18-20,25H,11-17H2,(H,29,34)(H,32,33). The van der Waals surface area contributed by atoms with Crippen molar-refractivity contribution < 1.29 is 24.2 Å². The van der Waals surface area contributed by atoms with Crippen LogP contribution >= 0.6 is 0 Å². The fourth-order valence-electron chi connectivity index (χ4n) is 5.99. The van der Waals surface area contributed by atoms with Gasteiger partial charge in [0.1, 0.15) is 6.61 Å². The number of amides is 2. The molecule has 180 valence electrons. The fraction of sp³-hybridized carbons (Fsp3) is 0.393. The Morgan fingerprint density at radius 2 is 1.57 bits per heavy atom. The molecule has 35 heavy (non-hydrogen) atoms. The number of piperidine rings is 1. The van der Waals surface area contributed by atoms with E-state index in [0.29, 0.717) is 12.8 Å². The molecule has 2 atom stereocenters. The minimum atomic E-state index is -0.784. The Labute approximate surface area is 204 Å². The van der Waals surface area contributed by atoms with Crippen LogP contribution in [0.1, 0.15) is 49.1 Å². The maximum atomic E-state index is 12.7. The van der Waals surface area contributed by atoms with Crippen molar-refractivity contribution in [3.8, 4) is 23.0 Å². The number of fused-ring (bicyclic) bond motifs is 5. The summed E-state index contributed by atoms with van der Waals surface area (Å²) in [5, 5.41) is 11.7. The van der Waals surface area contributed by atoms with Crippen LogP contribution in [-0.4, -0.2) is 53.2 Å². The van der Waals surface area contributed by atoms with Crippen molar-refractivity contribution in [3.05, 3.63) is 59.7 Å². The van der Waals surface area contributed by atoms with Crippen LogP contribution in [0.5, 0.6) is 0 Å². The number of ether oxygens (including phenoxy) is 1. The minimum absolute atomic E-state index is 0.0136. The van der Waals surface area contributed by atoms with Crippen molar-refractivity contribution in [1.29, 1.82) is 0 Å². The summed E-state index contributed by atoms with van der Waals surface area (Å²) < 4.78 is 5.49. The quantitative estimate of drug-likeness (QED) is 0.646. The minimum Gasteiger partial charge on any atom is -0.481 e. The van der Waals surface area contributed by atoms with Gasteiger partial charge in [-0.2, -0.15) is 0 Å². The van der Waals surface area contributed by atoms with E-state index in [2.05, 4.69) is 41.4 Å². The zero-order valence-corrected chi connectivity index (χ0v) is 19.4. The SMILES string of the molecule is O=C(O)CC1CC2CCC(C1)N2C(=O)C#CCNC(=O)OCC1c2ccccc2-c2ccccc21. The fourth-order valence-corrected chi connectivity index (χ4v) is 5.99. The number of hydrogen-bond donors (Lipinski definition) is 2. The third-order valence-electron chi connectivity index (χ3n) is 7.39. The second-order valence-corrected chi connectivity index (χ2v) is 9.51. The third kappa shape index (κ3) is 4.74. The predicted molar refractivity (Wildman–Crippen MR) is 129 cm³/mol. The molecule has 5 rings (SSSR count). The molecule has 0 saturated carbocycles. The largest absolute Gasteiger partial charge is 0.481 e. The van der Waals surface area contributed by atoms with E-state index in [1.807, 2.05) is 29.2 Å². The van der Waals surface area contributed by atoms with Gasteiger partial charge < -0.3 is 20.1 Å². The lowest BCUT2D eigenvalue weighted by molar-refractivity contribution is -0.139. The van der Waals surface area contributed by atoms with Gasteiger partial charge in [-0.3, -0.25) is 9.59 Å². The van der Waals surface area contributed by atoms with Gasteiger partial charge in [0.15, 0.2) is 0 Å². The van der Waals surface area contributed by atoms with Gasteiger partial charge in [-0.05, 0) is 59.8 Å². The Kier molecular flexibility index (Phi) is 6.45. The van der Waals surface area contributed by atoms with E-state index in [1.54, 1.807) is 0 Å². The van der Waals surface area contributed by atoms with Crippen LogP contribution in [0.15, 0.2) is 48.5 Å². The number of carbonyl (C=O) groups is 3. The number of carboxylic acid groups (broad SMARTS) is 1. The van der Waals surface area contributed by atoms with Crippen molar-refractivity contribution in [2.24, 2.45) is 5.92 Å². The molecule has 3 aliphatic rings. The van der Waals surface area contributed by atoms with Crippen LogP contribution < -0.4 is 5.32 Å². The first-order valence-corrected chi connectivity index (χ1v) is 12.1. The van der Waals surface area contributed by atoms with Gasteiger partial charge in [0.2, 0.25) is 0 Å². The Balaban J connectivity index is 1.11. The number of hydrogen-bond acceptors (Lipinski definition) is 4. The van der Waals surface area contributed by atoms with E-state index in [-0.39, 0.29) is 49.4 Å². The Hall–Kier alpha value is -3.79. The van der Waals surface area contributed by atoms with Crippen LogP contribution in [-0.2, 0) is 14.3 Å². The number of benzene rings is 2. The number of carbonyl (C=O) groups excluding carboxylic acids is 2. The van der Waals surface area contributed by atoms with Crippen LogP contribution in [0.25, 0.3) is 11.1 Å². The van der Waals surface area contributed by atoms with Gasteiger partial charge in [0.25, 0.3) is 5.91 Å². The van der Waals surface area contributed by atoms with E-state index in [4.69, 9.17) is 9.84 Å². The van der Waals surface area contributed by atoms with Crippen molar-refractivity contribution in [2.45, 2.75) is 50.1 Å². The number of alkyl carbamates (subject to hydrolysis) is 1. The molecule has 2 saturated heterocycles. The summed E-state index contributed by atoms with van der Waals surface area (Å²) in [5.74, 6) is 4.45. The van der Waals surface area contributed by atoms with Crippen molar-refractivity contribution in [2.75, 3.05) is 13.2 Å². The average Bonchev–Trinajstić information content (AvgIpc) is 3.31. The van der Waals surface area contributed by atoms with Gasteiger partial charge >= 0.3 is 12.1 Å². The Bertz CT molecular complexity index is 1150. The highest BCUT2D eigenvalue weighted by Crippen LogP contribution is 2.44. The van der Waals surface area contributed by atoms with Gasteiger partial charge in [-0.1, -0.05) is 54.5 Å². The van der Waals surface area contributed by atoms with E-state index in [1.165, 1.54) is 11.1 Å². The molecule has 2 fully saturated rings. The molecule has 2 aromatic carbocycles. The van der Waals surface area contributed by atoms with Crippen LogP contribution in [0.3, 0.4) is 0 Å².